The number of nitrogen functional groups attached to an aromatic ring is 1. The van der Waals surface area contributed by atoms with Gasteiger partial charge in [0.2, 0.25) is 0 Å². The van der Waals surface area contributed by atoms with E-state index in [1.165, 1.54) is 13.2 Å². The van der Waals surface area contributed by atoms with Gasteiger partial charge in [-0.3, -0.25) is 0 Å². The second-order valence-electron chi connectivity index (χ2n) is 3.43. The van der Waals surface area contributed by atoms with Crippen molar-refractivity contribution in [2.24, 2.45) is 0 Å². The number of hydrogen-bond donors (Lipinski definition) is 1. The molecule has 0 atom stereocenters. The Morgan fingerprint density at radius 2 is 1.81 bits per heavy atom. The van der Waals surface area contributed by atoms with Crippen molar-refractivity contribution in [3.63, 3.8) is 0 Å². The van der Waals surface area contributed by atoms with Crippen LogP contribution in [-0.4, -0.2) is 7.11 Å². The molecule has 0 aliphatic carbocycles. The molecule has 0 bridgehead atoms. The zero-order valence-corrected chi connectivity index (χ0v) is 8.91. The number of anilines is 1. The first kappa shape index (κ1) is 10.5. The smallest absolute Gasteiger partial charge is 0.134 e. The molecule has 0 unspecified atom stereocenters. The second-order valence-corrected chi connectivity index (χ2v) is 3.43. The Morgan fingerprint density at radius 1 is 1.06 bits per heavy atom. The van der Waals surface area contributed by atoms with E-state index in [2.05, 4.69) is 0 Å². The van der Waals surface area contributed by atoms with Crippen molar-refractivity contribution in [2.75, 3.05) is 12.8 Å². The zero-order chi connectivity index (χ0) is 11.5. The van der Waals surface area contributed by atoms with Gasteiger partial charge in [-0.2, -0.15) is 0 Å². The Hall–Kier alpha value is -2.03. The summed E-state index contributed by atoms with van der Waals surface area (Å²) in [6.07, 6.45) is 0. The highest BCUT2D eigenvalue weighted by Crippen LogP contribution is 2.29. The fourth-order valence-electron chi connectivity index (χ4n) is 1.58. The average molecular weight is 217 g/mol. The van der Waals surface area contributed by atoms with Crippen molar-refractivity contribution in [1.29, 1.82) is 0 Å². The molecular weight excluding hydrogens is 205 g/mol. The van der Waals surface area contributed by atoms with Gasteiger partial charge >= 0.3 is 0 Å². The zero-order valence-electron chi connectivity index (χ0n) is 8.91. The molecule has 16 heavy (non-hydrogen) atoms. The topological polar surface area (TPSA) is 35.2 Å². The summed E-state index contributed by atoms with van der Waals surface area (Å²) >= 11 is 0. The summed E-state index contributed by atoms with van der Waals surface area (Å²) in [5.41, 5.74) is 7.54. The summed E-state index contributed by atoms with van der Waals surface area (Å²) in [7, 11) is 1.51. The first-order chi connectivity index (χ1) is 7.72. The Bertz CT molecular complexity index is 511. The molecule has 2 N–H and O–H groups in total. The number of hydrogen-bond acceptors (Lipinski definition) is 2. The van der Waals surface area contributed by atoms with Crippen LogP contribution in [0.3, 0.4) is 0 Å². The molecule has 82 valence electrons. The third-order valence-corrected chi connectivity index (χ3v) is 2.43. The van der Waals surface area contributed by atoms with E-state index in [0.717, 1.165) is 0 Å². The summed E-state index contributed by atoms with van der Waals surface area (Å²) in [6, 6.07) is 11.9. The molecule has 0 spiro atoms. The van der Waals surface area contributed by atoms with Crippen molar-refractivity contribution >= 4 is 5.69 Å². The van der Waals surface area contributed by atoms with Crippen LogP contribution in [-0.2, 0) is 0 Å². The molecule has 0 radical (unpaired) electrons. The van der Waals surface area contributed by atoms with Crippen molar-refractivity contribution in [3.05, 3.63) is 48.3 Å². The minimum Gasteiger partial charge on any atom is -0.497 e. The van der Waals surface area contributed by atoms with E-state index in [9.17, 15) is 4.39 Å². The minimum atomic E-state index is -0.336. The van der Waals surface area contributed by atoms with Crippen LogP contribution in [0.2, 0.25) is 0 Å². The lowest BCUT2D eigenvalue weighted by molar-refractivity contribution is 0.411. The van der Waals surface area contributed by atoms with Gasteiger partial charge in [-0.25, -0.2) is 4.39 Å². The number of ether oxygens (including phenoxy) is 1. The van der Waals surface area contributed by atoms with Crippen LogP contribution in [0, 0.1) is 5.82 Å². The molecule has 0 fully saturated rings. The molecule has 0 aromatic heterocycles. The van der Waals surface area contributed by atoms with E-state index >= 15 is 0 Å². The summed E-state index contributed by atoms with van der Waals surface area (Å²) in [4.78, 5) is 0. The Morgan fingerprint density at radius 3 is 2.44 bits per heavy atom. The molecule has 2 aromatic carbocycles. The first-order valence-electron chi connectivity index (χ1n) is 4.91. The monoisotopic (exact) mass is 217 g/mol. The highest BCUT2D eigenvalue weighted by molar-refractivity contribution is 5.76. The maximum atomic E-state index is 13.8. The fraction of sp³-hybridized carbons (Fsp3) is 0.0769. The molecule has 2 aromatic rings. The lowest BCUT2D eigenvalue weighted by atomic mass is 10.0. The minimum absolute atomic E-state index is 0.336. The van der Waals surface area contributed by atoms with Crippen molar-refractivity contribution < 1.29 is 9.13 Å². The maximum absolute atomic E-state index is 13.8. The molecule has 0 aliphatic rings. The lowest BCUT2D eigenvalue weighted by Gasteiger charge is -2.08. The average Bonchev–Trinajstić information content (AvgIpc) is 2.30. The molecule has 0 saturated carbocycles. The molecule has 2 rings (SSSR count). The van der Waals surface area contributed by atoms with Crippen LogP contribution < -0.4 is 10.5 Å². The standard InChI is InChI=1S/C13H12FNO/c1-16-9-6-7-10(12(14)8-9)11-4-2-3-5-13(11)15/h2-8H,15H2,1H3. The third kappa shape index (κ3) is 1.84. The molecule has 0 saturated heterocycles. The van der Waals surface area contributed by atoms with Gasteiger partial charge < -0.3 is 10.5 Å². The Balaban J connectivity index is 2.53. The van der Waals surface area contributed by atoms with Gasteiger partial charge in [-0.15, -0.1) is 0 Å². The SMILES string of the molecule is COc1ccc(-c2ccccc2N)c(F)c1. The van der Waals surface area contributed by atoms with Crippen molar-refractivity contribution in [1.82, 2.24) is 0 Å². The quantitative estimate of drug-likeness (QED) is 0.784. The van der Waals surface area contributed by atoms with Gasteiger partial charge in [0, 0.05) is 22.9 Å². The second kappa shape index (κ2) is 4.23. The predicted octanol–water partition coefficient (Wildman–Crippen LogP) is 3.08. The van der Waals surface area contributed by atoms with Crippen LogP contribution in [0.1, 0.15) is 0 Å². The highest BCUT2D eigenvalue weighted by Gasteiger charge is 2.08. The van der Waals surface area contributed by atoms with Crippen LogP contribution in [0.5, 0.6) is 5.75 Å². The van der Waals surface area contributed by atoms with E-state index < -0.39 is 0 Å². The molecule has 0 heterocycles. The molecule has 0 amide bonds. The van der Waals surface area contributed by atoms with Crippen LogP contribution in [0.4, 0.5) is 10.1 Å². The highest BCUT2D eigenvalue weighted by atomic mass is 19.1. The maximum Gasteiger partial charge on any atom is 0.134 e. The first-order valence-corrected chi connectivity index (χ1v) is 4.91. The van der Waals surface area contributed by atoms with E-state index in [1.54, 1.807) is 24.3 Å². The summed E-state index contributed by atoms with van der Waals surface area (Å²) in [5.74, 6) is 0.160. The van der Waals surface area contributed by atoms with Gasteiger partial charge in [-0.05, 0) is 18.2 Å². The van der Waals surface area contributed by atoms with Crippen molar-refractivity contribution in [3.8, 4) is 16.9 Å². The van der Waals surface area contributed by atoms with Gasteiger partial charge in [0.1, 0.15) is 11.6 Å². The molecule has 0 aliphatic heterocycles. The number of nitrogens with two attached hydrogens (primary N) is 1. The molecular formula is C13H12FNO. The Labute approximate surface area is 93.5 Å². The van der Waals surface area contributed by atoms with Gasteiger partial charge in [0.25, 0.3) is 0 Å². The van der Waals surface area contributed by atoms with E-state index in [-0.39, 0.29) is 5.82 Å². The van der Waals surface area contributed by atoms with E-state index in [0.29, 0.717) is 22.6 Å². The van der Waals surface area contributed by atoms with Crippen LogP contribution in [0.25, 0.3) is 11.1 Å². The summed E-state index contributed by atoms with van der Waals surface area (Å²) in [6.45, 7) is 0. The van der Waals surface area contributed by atoms with Gasteiger partial charge in [0.15, 0.2) is 0 Å². The van der Waals surface area contributed by atoms with E-state index in [1.807, 2.05) is 12.1 Å². The van der Waals surface area contributed by atoms with Crippen LogP contribution >= 0.6 is 0 Å². The number of benzene rings is 2. The van der Waals surface area contributed by atoms with Crippen molar-refractivity contribution in [2.45, 2.75) is 0 Å². The van der Waals surface area contributed by atoms with Gasteiger partial charge in [-0.1, -0.05) is 18.2 Å². The molecule has 2 nitrogen and oxygen atoms in total. The number of para-hydroxylation sites is 1. The third-order valence-electron chi connectivity index (χ3n) is 2.43. The summed E-state index contributed by atoms with van der Waals surface area (Å²) < 4.78 is 18.7. The lowest BCUT2D eigenvalue weighted by Crippen LogP contribution is -1.92. The largest absolute Gasteiger partial charge is 0.497 e. The van der Waals surface area contributed by atoms with Crippen LogP contribution in [0.15, 0.2) is 42.5 Å². The number of rotatable bonds is 2. The number of halogens is 1. The fourth-order valence-corrected chi connectivity index (χ4v) is 1.58. The van der Waals surface area contributed by atoms with E-state index in [4.69, 9.17) is 10.5 Å². The summed E-state index contributed by atoms with van der Waals surface area (Å²) in [5, 5.41) is 0. The predicted molar refractivity (Wildman–Crippen MR) is 62.8 cm³/mol. The normalized spacial score (nSPS) is 10.1. The number of methoxy groups -OCH3 is 1. The molecule has 3 heteroatoms. The Kier molecular flexibility index (Phi) is 2.77. The van der Waals surface area contributed by atoms with Gasteiger partial charge in [0.05, 0.1) is 7.11 Å².